The Morgan fingerprint density at radius 3 is 3.06 bits per heavy atom. The second-order valence-corrected chi connectivity index (χ2v) is 5.20. The Bertz CT molecular complexity index is 503. The molecule has 0 spiro atoms. The first kappa shape index (κ1) is 9.99. The van der Waals surface area contributed by atoms with E-state index in [4.69, 9.17) is 4.98 Å². The highest BCUT2D eigenvalue weighted by atomic mass is 32.1. The zero-order valence-electron chi connectivity index (χ0n) is 9.45. The lowest BCUT2D eigenvalue weighted by molar-refractivity contribution is 0.644. The molecule has 0 aliphatic carbocycles. The molecule has 0 amide bonds. The normalized spacial score (nSPS) is 15.1. The van der Waals surface area contributed by atoms with E-state index in [2.05, 4.69) is 10.4 Å². The molecule has 2 aromatic heterocycles. The lowest BCUT2D eigenvalue weighted by atomic mass is 10.2. The number of fused-ring (bicyclic) bond motifs is 1. The summed E-state index contributed by atoms with van der Waals surface area (Å²) in [6, 6.07) is 0. The van der Waals surface area contributed by atoms with Gasteiger partial charge in [-0.1, -0.05) is 0 Å². The summed E-state index contributed by atoms with van der Waals surface area (Å²) in [6.07, 6.45) is 3.10. The molecule has 0 radical (unpaired) electrons. The van der Waals surface area contributed by atoms with E-state index in [0.29, 0.717) is 0 Å². The highest BCUT2D eigenvalue weighted by Gasteiger charge is 2.17. The van der Waals surface area contributed by atoms with E-state index in [0.717, 1.165) is 30.2 Å². The molecule has 4 nitrogen and oxygen atoms in total. The lowest BCUT2D eigenvalue weighted by Gasteiger charge is -2.09. The maximum absolute atomic E-state index is 4.72. The van der Waals surface area contributed by atoms with Crippen molar-refractivity contribution in [3.8, 4) is 10.6 Å². The van der Waals surface area contributed by atoms with E-state index in [-0.39, 0.29) is 0 Å². The van der Waals surface area contributed by atoms with Crippen molar-refractivity contribution in [2.24, 2.45) is 7.05 Å². The maximum Gasteiger partial charge on any atom is 0.127 e. The van der Waals surface area contributed by atoms with E-state index in [1.807, 2.05) is 24.9 Å². The van der Waals surface area contributed by atoms with E-state index < -0.39 is 0 Å². The van der Waals surface area contributed by atoms with Gasteiger partial charge in [-0.15, -0.1) is 11.3 Å². The van der Waals surface area contributed by atoms with Crippen LogP contribution in [-0.2, 0) is 20.0 Å². The monoisotopic (exact) mass is 234 g/mol. The number of aromatic nitrogens is 3. The van der Waals surface area contributed by atoms with Crippen LogP contribution >= 0.6 is 11.3 Å². The van der Waals surface area contributed by atoms with Gasteiger partial charge in [0.05, 0.1) is 17.0 Å². The Morgan fingerprint density at radius 1 is 1.50 bits per heavy atom. The van der Waals surface area contributed by atoms with Gasteiger partial charge in [0.25, 0.3) is 0 Å². The molecular formula is C11H14N4S. The topological polar surface area (TPSA) is 42.7 Å². The van der Waals surface area contributed by atoms with Gasteiger partial charge >= 0.3 is 0 Å². The smallest absolute Gasteiger partial charge is 0.127 e. The number of nitrogens with zero attached hydrogens (tertiary/aromatic N) is 3. The van der Waals surface area contributed by atoms with Crippen LogP contribution in [0.15, 0.2) is 6.20 Å². The summed E-state index contributed by atoms with van der Waals surface area (Å²) in [5.74, 6) is 0. The summed E-state index contributed by atoms with van der Waals surface area (Å²) in [5.41, 5.74) is 3.49. The number of hydrogen-bond donors (Lipinski definition) is 1. The average molecular weight is 234 g/mol. The van der Waals surface area contributed by atoms with Gasteiger partial charge in [0, 0.05) is 37.6 Å². The van der Waals surface area contributed by atoms with Crippen LogP contribution in [0.2, 0.25) is 0 Å². The molecule has 2 aromatic rings. The molecule has 0 unspecified atom stereocenters. The number of hydrogen-bond acceptors (Lipinski definition) is 4. The maximum atomic E-state index is 4.72. The Hall–Kier alpha value is -1.20. The Labute approximate surface area is 98.3 Å². The highest BCUT2D eigenvalue weighted by molar-refractivity contribution is 7.15. The summed E-state index contributed by atoms with van der Waals surface area (Å²) in [6.45, 7) is 4.04. The van der Waals surface area contributed by atoms with Crippen LogP contribution in [-0.4, -0.2) is 21.3 Å². The average Bonchev–Trinajstić information content (AvgIpc) is 2.81. The Kier molecular flexibility index (Phi) is 2.29. The number of thiazole rings is 1. The molecule has 0 atom stereocenters. The van der Waals surface area contributed by atoms with Crippen LogP contribution in [0.25, 0.3) is 10.6 Å². The fraction of sp³-hybridized carbons (Fsp3) is 0.455. The second kappa shape index (κ2) is 3.68. The molecule has 0 aromatic carbocycles. The van der Waals surface area contributed by atoms with E-state index in [9.17, 15) is 0 Å². The molecular weight excluding hydrogens is 220 g/mol. The van der Waals surface area contributed by atoms with Crippen LogP contribution in [0.3, 0.4) is 0 Å². The molecule has 16 heavy (non-hydrogen) atoms. The Morgan fingerprint density at radius 2 is 2.38 bits per heavy atom. The van der Waals surface area contributed by atoms with Crippen LogP contribution in [0.1, 0.15) is 16.3 Å². The van der Waals surface area contributed by atoms with Crippen molar-refractivity contribution in [1.29, 1.82) is 0 Å². The molecule has 0 saturated heterocycles. The van der Waals surface area contributed by atoms with Crippen molar-refractivity contribution < 1.29 is 0 Å². The summed E-state index contributed by atoms with van der Waals surface area (Å²) >= 11 is 1.79. The minimum absolute atomic E-state index is 0.965. The molecule has 3 rings (SSSR count). The quantitative estimate of drug-likeness (QED) is 0.813. The summed E-state index contributed by atoms with van der Waals surface area (Å²) in [7, 11) is 1.95. The predicted octanol–water partition coefficient (Wildman–Crippen LogP) is 1.50. The van der Waals surface area contributed by atoms with Gasteiger partial charge in [0.2, 0.25) is 0 Å². The molecule has 5 heteroatoms. The fourth-order valence-electron chi connectivity index (χ4n) is 2.05. The van der Waals surface area contributed by atoms with Gasteiger partial charge < -0.3 is 5.32 Å². The van der Waals surface area contributed by atoms with E-state index >= 15 is 0 Å². The van der Waals surface area contributed by atoms with Crippen molar-refractivity contribution in [1.82, 2.24) is 20.1 Å². The minimum Gasteiger partial charge on any atom is -0.311 e. The summed E-state index contributed by atoms with van der Waals surface area (Å²) in [4.78, 5) is 6.10. The minimum atomic E-state index is 0.965. The molecule has 0 fully saturated rings. The SMILES string of the molecule is Cc1nn(C)cc1-c1nc2c(s1)CNCC2. The van der Waals surface area contributed by atoms with E-state index in [1.54, 1.807) is 11.3 Å². The third kappa shape index (κ3) is 1.56. The predicted molar refractivity (Wildman–Crippen MR) is 64.5 cm³/mol. The van der Waals surface area contributed by atoms with Crippen LogP contribution in [0.5, 0.6) is 0 Å². The molecule has 3 heterocycles. The van der Waals surface area contributed by atoms with Crippen molar-refractivity contribution in [3.63, 3.8) is 0 Å². The number of nitrogens with one attached hydrogen (secondary N) is 1. The van der Waals surface area contributed by atoms with Crippen molar-refractivity contribution in [2.75, 3.05) is 6.54 Å². The summed E-state index contributed by atoms with van der Waals surface area (Å²) < 4.78 is 1.85. The zero-order valence-corrected chi connectivity index (χ0v) is 10.3. The van der Waals surface area contributed by atoms with Gasteiger partial charge in [-0.3, -0.25) is 4.68 Å². The highest BCUT2D eigenvalue weighted by Crippen LogP contribution is 2.31. The van der Waals surface area contributed by atoms with Crippen LogP contribution in [0.4, 0.5) is 0 Å². The number of rotatable bonds is 1. The standard InChI is InChI=1S/C11H14N4S/c1-7-8(6-15(2)14-7)11-13-9-3-4-12-5-10(9)16-11/h6,12H,3-5H2,1-2H3. The van der Waals surface area contributed by atoms with Crippen molar-refractivity contribution >= 4 is 11.3 Å². The largest absolute Gasteiger partial charge is 0.311 e. The first-order valence-electron chi connectivity index (χ1n) is 5.44. The van der Waals surface area contributed by atoms with Gasteiger partial charge in [-0.05, 0) is 6.92 Å². The van der Waals surface area contributed by atoms with Crippen LogP contribution in [0, 0.1) is 6.92 Å². The third-order valence-corrected chi connectivity index (χ3v) is 3.98. The molecule has 1 aliphatic rings. The third-order valence-electron chi connectivity index (χ3n) is 2.85. The lowest BCUT2D eigenvalue weighted by Crippen LogP contribution is -2.22. The van der Waals surface area contributed by atoms with E-state index in [1.165, 1.54) is 16.1 Å². The van der Waals surface area contributed by atoms with Gasteiger partial charge in [0.15, 0.2) is 0 Å². The van der Waals surface area contributed by atoms with Gasteiger partial charge in [0.1, 0.15) is 5.01 Å². The van der Waals surface area contributed by atoms with Crippen molar-refractivity contribution in [3.05, 3.63) is 22.5 Å². The second-order valence-electron chi connectivity index (χ2n) is 4.12. The fourth-order valence-corrected chi connectivity index (χ4v) is 3.19. The van der Waals surface area contributed by atoms with Gasteiger partial charge in [-0.2, -0.15) is 5.10 Å². The molecule has 1 N–H and O–H groups in total. The molecule has 0 bridgehead atoms. The van der Waals surface area contributed by atoms with Gasteiger partial charge in [-0.25, -0.2) is 4.98 Å². The first-order chi connectivity index (χ1) is 7.74. The molecule has 1 aliphatic heterocycles. The van der Waals surface area contributed by atoms with Crippen molar-refractivity contribution in [2.45, 2.75) is 19.9 Å². The summed E-state index contributed by atoms with van der Waals surface area (Å²) in [5, 5.41) is 8.85. The van der Waals surface area contributed by atoms with Crippen LogP contribution < -0.4 is 5.32 Å². The first-order valence-corrected chi connectivity index (χ1v) is 6.25. The molecule has 0 saturated carbocycles. The molecule has 84 valence electrons. The zero-order chi connectivity index (χ0) is 11.1. The Balaban J connectivity index is 2.06. The number of aryl methyl sites for hydroxylation is 2.